The molecule has 2 nitrogen and oxygen atoms in total. The highest BCUT2D eigenvalue weighted by molar-refractivity contribution is 9.10. The number of rotatable bonds is 1. The van der Waals surface area contributed by atoms with Crippen molar-refractivity contribution in [2.75, 3.05) is 0 Å². The summed E-state index contributed by atoms with van der Waals surface area (Å²) in [5, 5.41) is 1.28. The monoisotopic (exact) mass is 280 g/mol. The summed E-state index contributed by atoms with van der Waals surface area (Å²) in [5.74, 6) is 0. The van der Waals surface area contributed by atoms with Gasteiger partial charge in [-0.05, 0) is 53.9 Å². The van der Waals surface area contributed by atoms with Crippen LogP contribution in [0.4, 0.5) is 0 Å². The minimum Gasteiger partial charge on any atom is -0.345 e. The number of hydrogen-bond donors (Lipinski definition) is 1. The van der Waals surface area contributed by atoms with E-state index >= 15 is 0 Å². The lowest BCUT2D eigenvalue weighted by Crippen LogP contribution is -2.10. The van der Waals surface area contributed by atoms with Crippen molar-refractivity contribution in [3.8, 4) is 0 Å². The fraction of sp³-hybridized carbons (Fsp3) is 0.385. The lowest BCUT2D eigenvalue weighted by atomic mass is 10.1. The molecule has 0 aliphatic carbocycles. The second-order valence-corrected chi connectivity index (χ2v) is 5.32. The summed E-state index contributed by atoms with van der Waals surface area (Å²) in [5.41, 5.74) is 11.0. The molecule has 0 aliphatic heterocycles. The summed E-state index contributed by atoms with van der Waals surface area (Å²) in [6.45, 7) is 6.28. The van der Waals surface area contributed by atoms with Crippen LogP contribution in [-0.2, 0) is 7.05 Å². The Hall–Kier alpha value is -0.800. The van der Waals surface area contributed by atoms with Crippen LogP contribution >= 0.6 is 15.9 Å². The van der Waals surface area contributed by atoms with E-state index in [1.165, 1.54) is 22.0 Å². The first-order chi connectivity index (χ1) is 7.43. The van der Waals surface area contributed by atoms with E-state index < -0.39 is 0 Å². The largest absolute Gasteiger partial charge is 0.345 e. The van der Waals surface area contributed by atoms with E-state index in [9.17, 15) is 0 Å². The minimum absolute atomic E-state index is 0.0338. The maximum absolute atomic E-state index is 6.02. The van der Waals surface area contributed by atoms with Crippen molar-refractivity contribution in [2.45, 2.75) is 26.8 Å². The third-order valence-corrected chi connectivity index (χ3v) is 3.86. The topological polar surface area (TPSA) is 30.9 Å². The van der Waals surface area contributed by atoms with Crippen LogP contribution in [0, 0.1) is 13.8 Å². The molecular formula is C13H17BrN2. The van der Waals surface area contributed by atoms with E-state index in [-0.39, 0.29) is 6.04 Å². The van der Waals surface area contributed by atoms with Crippen molar-refractivity contribution < 1.29 is 0 Å². The van der Waals surface area contributed by atoms with Crippen molar-refractivity contribution >= 4 is 26.8 Å². The van der Waals surface area contributed by atoms with E-state index in [4.69, 9.17) is 5.73 Å². The Morgan fingerprint density at radius 3 is 2.50 bits per heavy atom. The Labute approximate surface area is 105 Å². The van der Waals surface area contributed by atoms with Crippen molar-refractivity contribution in [1.82, 2.24) is 4.57 Å². The van der Waals surface area contributed by atoms with E-state index in [2.05, 4.69) is 53.5 Å². The molecule has 1 unspecified atom stereocenters. The number of nitrogens with two attached hydrogens (primary N) is 1. The number of aromatic nitrogens is 1. The highest BCUT2D eigenvalue weighted by Gasteiger charge is 2.17. The van der Waals surface area contributed by atoms with Crippen molar-refractivity contribution in [2.24, 2.45) is 12.8 Å². The van der Waals surface area contributed by atoms with Crippen LogP contribution in [0.3, 0.4) is 0 Å². The highest BCUT2D eigenvalue weighted by Crippen LogP contribution is 2.35. The quantitative estimate of drug-likeness (QED) is 0.851. The molecular weight excluding hydrogens is 264 g/mol. The predicted octanol–water partition coefficient (Wildman–Crippen LogP) is 3.58. The fourth-order valence-corrected chi connectivity index (χ4v) is 3.55. The van der Waals surface area contributed by atoms with Gasteiger partial charge < -0.3 is 10.3 Å². The smallest absolute Gasteiger partial charge is 0.0497 e. The molecule has 1 atom stereocenters. The predicted molar refractivity (Wildman–Crippen MR) is 72.7 cm³/mol. The first-order valence-corrected chi connectivity index (χ1v) is 6.23. The number of aryl methyl sites for hydroxylation is 3. The van der Waals surface area contributed by atoms with E-state index in [0.29, 0.717) is 0 Å². The molecule has 0 saturated heterocycles. The maximum atomic E-state index is 6.02. The summed E-state index contributed by atoms with van der Waals surface area (Å²) < 4.78 is 3.32. The van der Waals surface area contributed by atoms with Gasteiger partial charge in [0.15, 0.2) is 0 Å². The first kappa shape index (κ1) is 11.7. The van der Waals surface area contributed by atoms with Crippen molar-refractivity contribution in [3.63, 3.8) is 0 Å². The van der Waals surface area contributed by atoms with Crippen LogP contribution in [0.15, 0.2) is 16.6 Å². The van der Waals surface area contributed by atoms with Crippen LogP contribution in [-0.4, -0.2) is 4.57 Å². The fourth-order valence-electron chi connectivity index (χ4n) is 2.41. The van der Waals surface area contributed by atoms with Gasteiger partial charge in [-0.15, -0.1) is 0 Å². The Balaban J connectivity index is 2.93. The number of nitrogens with zero attached hydrogens (tertiary/aromatic N) is 1. The van der Waals surface area contributed by atoms with Crippen molar-refractivity contribution in [3.05, 3.63) is 33.4 Å². The molecule has 0 saturated carbocycles. The van der Waals surface area contributed by atoms with Gasteiger partial charge in [0.2, 0.25) is 0 Å². The molecule has 0 amide bonds. The molecule has 2 aromatic rings. The number of fused-ring (bicyclic) bond motifs is 1. The summed E-state index contributed by atoms with van der Waals surface area (Å²) >= 11 is 3.68. The van der Waals surface area contributed by atoms with Crippen LogP contribution in [0.25, 0.3) is 10.9 Å². The second-order valence-electron chi connectivity index (χ2n) is 4.52. The molecule has 3 heteroatoms. The molecule has 0 fully saturated rings. The lowest BCUT2D eigenvalue weighted by Gasteiger charge is -2.08. The van der Waals surface area contributed by atoms with Gasteiger partial charge in [-0.3, -0.25) is 0 Å². The number of hydrogen-bond acceptors (Lipinski definition) is 1. The molecule has 0 spiro atoms. The first-order valence-electron chi connectivity index (χ1n) is 5.44. The molecule has 0 bridgehead atoms. The van der Waals surface area contributed by atoms with Crippen LogP contribution in [0.1, 0.15) is 29.8 Å². The average Bonchev–Trinajstić information content (AvgIpc) is 2.38. The molecule has 2 rings (SSSR count). The van der Waals surface area contributed by atoms with Gasteiger partial charge in [0, 0.05) is 34.2 Å². The van der Waals surface area contributed by atoms with Crippen molar-refractivity contribution in [1.29, 1.82) is 0 Å². The summed E-state index contributed by atoms with van der Waals surface area (Å²) in [6.07, 6.45) is 0. The van der Waals surface area contributed by atoms with E-state index in [1.54, 1.807) is 0 Å². The van der Waals surface area contributed by atoms with Crippen LogP contribution in [0.5, 0.6) is 0 Å². The zero-order valence-electron chi connectivity index (χ0n) is 10.1. The molecule has 16 heavy (non-hydrogen) atoms. The molecule has 86 valence electrons. The van der Waals surface area contributed by atoms with Gasteiger partial charge in [0.05, 0.1) is 0 Å². The second kappa shape index (κ2) is 3.90. The molecule has 1 aromatic heterocycles. The van der Waals surface area contributed by atoms with Gasteiger partial charge in [-0.2, -0.15) is 0 Å². The lowest BCUT2D eigenvalue weighted by molar-refractivity contribution is 0.722. The molecule has 1 heterocycles. The zero-order valence-corrected chi connectivity index (χ0v) is 11.7. The van der Waals surface area contributed by atoms with E-state index in [1.807, 2.05) is 6.92 Å². The van der Waals surface area contributed by atoms with E-state index in [0.717, 1.165) is 10.2 Å². The Kier molecular flexibility index (Phi) is 2.84. The summed E-state index contributed by atoms with van der Waals surface area (Å²) in [4.78, 5) is 0. The zero-order chi connectivity index (χ0) is 12.0. The molecule has 2 N–H and O–H groups in total. The highest BCUT2D eigenvalue weighted by atomic mass is 79.9. The summed E-state index contributed by atoms with van der Waals surface area (Å²) in [7, 11) is 2.07. The minimum atomic E-state index is 0.0338. The van der Waals surface area contributed by atoms with Gasteiger partial charge >= 0.3 is 0 Å². The van der Waals surface area contributed by atoms with Crippen LogP contribution < -0.4 is 5.73 Å². The van der Waals surface area contributed by atoms with Gasteiger partial charge in [0.25, 0.3) is 0 Å². The normalized spacial score (nSPS) is 13.4. The number of halogens is 1. The Bertz CT molecular complexity index is 553. The summed E-state index contributed by atoms with van der Waals surface area (Å²) in [6, 6.07) is 4.45. The van der Waals surface area contributed by atoms with Crippen LogP contribution in [0.2, 0.25) is 0 Å². The molecule has 0 aliphatic rings. The third kappa shape index (κ3) is 1.59. The standard InChI is InChI=1S/C13H17BrN2/c1-7-5-8(2)11-10(6-7)16(4)13(9(3)15)12(11)14/h5-6,9H,15H2,1-4H3. The average molecular weight is 281 g/mol. The third-order valence-electron chi connectivity index (χ3n) is 3.06. The molecule has 0 radical (unpaired) electrons. The van der Waals surface area contributed by atoms with Gasteiger partial charge in [-0.1, -0.05) is 6.07 Å². The maximum Gasteiger partial charge on any atom is 0.0497 e. The number of benzene rings is 1. The SMILES string of the molecule is Cc1cc(C)c2c(Br)c(C(C)N)n(C)c2c1. The molecule has 1 aromatic carbocycles. The van der Waals surface area contributed by atoms with Gasteiger partial charge in [0.1, 0.15) is 0 Å². The van der Waals surface area contributed by atoms with Gasteiger partial charge in [-0.25, -0.2) is 0 Å². The Morgan fingerprint density at radius 2 is 1.94 bits per heavy atom. The Morgan fingerprint density at radius 1 is 1.31 bits per heavy atom.